The van der Waals surface area contributed by atoms with Gasteiger partial charge in [-0.2, -0.15) is 5.10 Å². The maximum Gasteiger partial charge on any atom is 0.337 e. The van der Waals surface area contributed by atoms with E-state index in [0.717, 1.165) is 34.1 Å². The number of nitrogens with zero attached hydrogens (tertiary/aromatic N) is 2. The second-order valence-electron chi connectivity index (χ2n) is 6.99. The molecule has 0 fully saturated rings. The molecule has 1 aromatic carbocycles. The van der Waals surface area contributed by atoms with E-state index in [1.165, 1.54) is 0 Å². The third kappa shape index (κ3) is 3.44. The largest absolute Gasteiger partial charge is 0.494 e. The minimum atomic E-state index is -0.319. The van der Waals surface area contributed by atoms with Gasteiger partial charge in [-0.3, -0.25) is 4.68 Å². The van der Waals surface area contributed by atoms with Gasteiger partial charge in [-0.15, -0.1) is 0 Å². The molecule has 2 heterocycles. The smallest absolute Gasteiger partial charge is 0.337 e. The summed E-state index contributed by atoms with van der Waals surface area (Å²) in [5.41, 5.74) is 4.16. The number of fused-ring (bicyclic) bond motifs is 1. The number of nitrogens with one attached hydrogen (secondary N) is 1. The molecule has 1 aliphatic rings. The van der Waals surface area contributed by atoms with Crippen molar-refractivity contribution in [2.75, 3.05) is 11.9 Å². The number of para-hydroxylation sites is 1. The van der Waals surface area contributed by atoms with E-state index >= 15 is 0 Å². The Morgan fingerprint density at radius 1 is 1.30 bits per heavy atom. The van der Waals surface area contributed by atoms with E-state index in [4.69, 9.17) is 9.47 Å². The van der Waals surface area contributed by atoms with Gasteiger partial charge in [-0.05, 0) is 40.7 Å². The summed E-state index contributed by atoms with van der Waals surface area (Å²) in [6.07, 6.45) is -0.197. The first kappa shape index (κ1) is 19.0. The second-order valence-corrected chi connectivity index (χ2v) is 6.99. The molecular weight excluding hydrogens is 342 g/mol. The van der Waals surface area contributed by atoms with Gasteiger partial charge < -0.3 is 14.8 Å². The molecule has 1 atom stereocenters. The van der Waals surface area contributed by atoms with E-state index < -0.39 is 0 Å². The van der Waals surface area contributed by atoms with Crippen LogP contribution in [0.25, 0.3) is 0 Å². The molecule has 0 radical (unpaired) electrons. The normalized spacial score (nSPS) is 16.2. The Bertz CT molecular complexity index is 896. The fourth-order valence-electron chi connectivity index (χ4n) is 3.64. The molecule has 1 unspecified atom stereocenters. The van der Waals surface area contributed by atoms with E-state index in [1.54, 1.807) is 0 Å². The topological polar surface area (TPSA) is 65.4 Å². The van der Waals surface area contributed by atoms with Gasteiger partial charge in [0.15, 0.2) is 0 Å². The number of carbonyl (C=O) groups is 1. The van der Waals surface area contributed by atoms with Gasteiger partial charge in [-0.1, -0.05) is 18.2 Å². The predicted molar refractivity (Wildman–Crippen MR) is 105 cm³/mol. The summed E-state index contributed by atoms with van der Waals surface area (Å²) in [4.78, 5) is 13.0. The lowest BCUT2D eigenvalue weighted by Gasteiger charge is -2.30. The summed E-state index contributed by atoms with van der Waals surface area (Å²) in [5.74, 6) is 1.04. The summed E-state index contributed by atoms with van der Waals surface area (Å²) in [5, 5.41) is 7.91. The predicted octanol–water partition coefficient (Wildman–Crippen LogP) is 3.91. The van der Waals surface area contributed by atoms with Crippen LogP contribution < -0.4 is 10.1 Å². The van der Waals surface area contributed by atoms with Crippen LogP contribution in [-0.4, -0.2) is 28.5 Å². The van der Waals surface area contributed by atoms with E-state index in [9.17, 15) is 4.79 Å². The lowest BCUT2D eigenvalue weighted by atomic mass is 9.81. The van der Waals surface area contributed by atoms with Crippen LogP contribution in [0.2, 0.25) is 0 Å². The number of hydrogen-bond acceptors (Lipinski definition) is 5. The fraction of sp³-hybridized carbons (Fsp3) is 0.429. The van der Waals surface area contributed by atoms with Crippen molar-refractivity contribution in [3.8, 4) is 5.75 Å². The second kappa shape index (κ2) is 7.47. The van der Waals surface area contributed by atoms with Crippen molar-refractivity contribution in [3.63, 3.8) is 0 Å². The molecule has 6 nitrogen and oxygen atoms in total. The van der Waals surface area contributed by atoms with Crippen LogP contribution in [-0.2, 0) is 16.6 Å². The summed E-state index contributed by atoms with van der Waals surface area (Å²) in [7, 11) is 1.90. The highest BCUT2D eigenvalue weighted by molar-refractivity contribution is 5.95. The molecule has 1 aromatic heterocycles. The van der Waals surface area contributed by atoms with Gasteiger partial charge in [0, 0.05) is 23.9 Å². The SMILES string of the molecule is CCOc1ccccc1C1C(C(=O)OC(C)C)=C(C)Nc2c1c(C)nn2C. The Morgan fingerprint density at radius 3 is 2.67 bits per heavy atom. The highest BCUT2D eigenvalue weighted by Crippen LogP contribution is 2.46. The van der Waals surface area contributed by atoms with Crippen molar-refractivity contribution >= 4 is 11.8 Å². The van der Waals surface area contributed by atoms with E-state index in [0.29, 0.717) is 12.2 Å². The van der Waals surface area contributed by atoms with Crippen molar-refractivity contribution in [1.29, 1.82) is 0 Å². The van der Waals surface area contributed by atoms with Gasteiger partial charge in [0.05, 0.1) is 29.9 Å². The number of allylic oxidation sites excluding steroid dienone is 1. The van der Waals surface area contributed by atoms with Crippen LogP contribution in [0, 0.1) is 6.92 Å². The number of carbonyl (C=O) groups excluding carboxylic acids is 1. The molecule has 27 heavy (non-hydrogen) atoms. The van der Waals surface area contributed by atoms with E-state index in [2.05, 4.69) is 10.4 Å². The standard InChI is InChI=1S/C21H27N3O3/c1-7-26-16-11-9-8-10-15(16)19-17-14(5)23-24(6)20(17)22-13(4)18(19)21(25)27-12(2)3/h8-12,19,22H,7H2,1-6H3. The maximum absolute atomic E-state index is 13.0. The molecular formula is C21H27N3O3. The third-order valence-corrected chi connectivity index (χ3v) is 4.65. The Balaban J connectivity index is 2.24. The molecule has 0 amide bonds. The lowest BCUT2D eigenvalue weighted by molar-refractivity contribution is -0.143. The molecule has 1 aliphatic heterocycles. The first-order valence-electron chi connectivity index (χ1n) is 9.29. The van der Waals surface area contributed by atoms with Crippen molar-refractivity contribution in [2.45, 2.75) is 46.6 Å². The minimum absolute atomic E-state index is 0.197. The van der Waals surface area contributed by atoms with Crippen LogP contribution in [0.5, 0.6) is 5.75 Å². The van der Waals surface area contributed by atoms with Crippen molar-refractivity contribution in [1.82, 2.24) is 9.78 Å². The van der Waals surface area contributed by atoms with Crippen LogP contribution >= 0.6 is 0 Å². The number of aromatic nitrogens is 2. The van der Waals surface area contributed by atoms with Gasteiger partial charge in [0.2, 0.25) is 0 Å². The zero-order valence-electron chi connectivity index (χ0n) is 16.8. The summed E-state index contributed by atoms with van der Waals surface area (Å²) in [6, 6.07) is 7.85. The van der Waals surface area contributed by atoms with Crippen molar-refractivity contribution in [3.05, 3.63) is 52.4 Å². The van der Waals surface area contributed by atoms with Crippen LogP contribution in [0.3, 0.4) is 0 Å². The number of anilines is 1. The van der Waals surface area contributed by atoms with E-state index in [-0.39, 0.29) is 18.0 Å². The molecule has 0 saturated heterocycles. The van der Waals surface area contributed by atoms with Gasteiger partial charge >= 0.3 is 5.97 Å². The number of esters is 1. The van der Waals surface area contributed by atoms with Crippen molar-refractivity contribution in [2.24, 2.45) is 7.05 Å². The molecule has 0 spiro atoms. The Morgan fingerprint density at radius 2 is 2.00 bits per heavy atom. The summed E-state index contributed by atoms with van der Waals surface area (Å²) >= 11 is 0. The molecule has 0 aliphatic carbocycles. The first-order valence-corrected chi connectivity index (χ1v) is 9.29. The van der Waals surface area contributed by atoms with Gasteiger partial charge in [0.1, 0.15) is 11.6 Å². The number of hydrogen-bond donors (Lipinski definition) is 1. The van der Waals surface area contributed by atoms with Gasteiger partial charge in [-0.25, -0.2) is 4.79 Å². The summed E-state index contributed by atoms with van der Waals surface area (Å²) in [6.45, 7) is 10.1. The molecule has 3 rings (SSSR count). The fourth-order valence-corrected chi connectivity index (χ4v) is 3.64. The zero-order valence-corrected chi connectivity index (χ0v) is 16.8. The molecule has 0 bridgehead atoms. The maximum atomic E-state index is 13.0. The van der Waals surface area contributed by atoms with Crippen molar-refractivity contribution < 1.29 is 14.3 Å². The molecule has 144 valence electrons. The Labute approximate surface area is 160 Å². The quantitative estimate of drug-likeness (QED) is 0.810. The first-order chi connectivity index (χ1) is 12.8. The number of aryl methyl sites for hydroxylation is 2. The average Bonchev–Trinajstić information content (AvgIpc) is 2.87. The average molecular weight is 369 g/mol. The molecule has 2 aromatic rings. The minimum Gasteiger partial charge on any atom is -0.494 e. The molecule has 1 N–H and O–H groups in total. The highest BCUT2D eigenvalue weighted by atomic mass is 16.5. The van der Waals surface area contributed by atoms with Crippen LogP contribution in [0.1, 0.15) is 50.4 Å². The highest BCUT2D eigenvalue weighted by Gasteiger charge is 2.38. The van der Waals surface area contributed by atoms with Crippen LogP contribution in [0.4, 0.5) is 5.82 Å². The molecule has 0 saturated carbocycles. The zero-order chi connectivity index (χ0) is 19.7. The van der Waals surface area contributed by atoms with Gasteiger partial charge in [0.25, 0.3) is 0 Å². The Hall–Kier alpha value is -2.76. The monoisotopic (exact) mass is 369 g/mol. The number of ether oxygens (including phenoxy) is 2. The number of benzene rings is 1. The van der Waals surface area contributed by atoms with Crippen LogP contribution in [0.15, 0.2) is 35.5 Å². The summed E-state index contributed by atoms with van der Waals surface area (Å²) < 4.78 is 13.3. The lowest BCUT2D eigenvalue weighted by Crippen LogP contribution is -2.26. The Kier molecular flexibility index (Phi) is 5.26. The van der Waals surface area contributed by atoms with E-state index in [1.807, 2.05) is 70.6 Å². The molecule has 6 heteroatoms. The number of rotatable bonds is 5. The third-order valence-electron chi connectivity index (χ3n) is 4.65.